The van der Waals surface area contributed by atoms with Gasteiger partial charge in [0.1, 0.15) is 0 Å². The van der Waals surface area contributed by atoms with Gasteiger partial charge in [-0.3, -0.25) is 14.6 Å². The summed E-state index contributed by atoms with van der Waals surface area (Å²) in [5.41, 5.74) is 0.0809. The van der Waals surface area contributed by atoms with Gasteiger partial charge < -0.3 is 9.80 Å². The highest BCUT2D eigenvalue weighted by molar-refractivity contribution is 5.78. The summed E-state index contributed by atoms with van der Waals surface area (Å²) < 4.78 is 39.0. The first-order chi connectivity index (χ1) is 17.7. The van der Waals surface area contributed by atoms with Crippen LogP contribution in [-0.4, -0.2) is 95.7 Å². The van der Waals surface area contributed by atoms with Crippen molar-refractivity contribution < 1.29 is 18.0 Å². The van der Waals surface area contributed by atoms with Crippen LogP contribution < -0.4 is 4.90 Å². The number of benzene rings is 1. The van der Waals surface area contributed by atoms with Gasteiger partial charge in [-0.15, -0.1) is 10.2 Å². The molecule has 0 radical (unpaired) electrons. The number of carbonyl (C=O) groups excluding carboxylic acids is 1. The molecule has 1 atom stereocenters. The minimum atomic E-state index is -4.40. The number of hydrogen-bond donors (Lipinski definition) is 0. The fourth-order valence-electron chi connectivity index (χ4n) is 5.02. The fraction of sp³-hybridized carbons (Fsp3) is 0.593. The molecular weight excluding hydrogens is 481 g/mol. The molecule has 0 bridgehead atoms. The summed E-state index contributed by atoms with van der Waals surface area (Å²) in [6.45, 7) is 11.3. The Morgan fingerprint density at radius 2 is 1.70 bits per heavy atom. The van der Waals surface area contributed by atoms with Crippen molar-refractivity contribution in [3.63, 3.8) is 0 Å². The molecule has 1 unspecified atom stereocenters. The van der Waals surface area contributed by atoms with Crippen molar-refractivity contribution in [1.29, 1.82) is 0 Å². The maximum Gasteiger partial charge on any atom is 0.416 e. The molecule has 4 rings (SSSR count). The van der Waals surface area contributed by atoms with E-state index < -0.39 is 11.7 Å². The number of alkyl halides is 3. The van der Waals surface area contributed by atoms with E-state index in [0.29, 0.717) is 42.8 Å². The molecule has 2 aliphatic heterocycles. The molecule has 2 saturated heterocycles. The monoisotopic (exact) mass is 518 g/mol. The summed E-state index contributed by atoms with van der Waals surface area (Å²) in [6, 6.07) is 9.19. The third-order valence-corrected chi connectivity index (χ3v) is 7.46. The molecule has 0 aliphatic carbocycles. The largest absolute Gasteiger partial charge is 0.416 e. The molecule has 0 N–H and O–H groups in total. The lowest BCUT2D eigenvalue weighted by Gasteiger charge is -2.40. The number of hydrogen-bond acceptors (Lipinski definition) is 6. The fourth-order valence-corrected chi connectivity index (χ4v) is 5.02. The van der Waals surface area contributed by atoms with Gasteiger partial charge in [0.15, 0.2) is 5.82 Å². The summed E-state index contributed by atoms with van der Waals surface area (Å²) >= 11 is 0. The van der Waals surface area contributed by atoms with Crippen molar-refractivity contribution in [2.75, 3.05) is 63.8 Å². The highest BCUT2D eigenvalue weighted by Gasteiger charge is 2.31. The Balaban J connectivity index is 1.23. The van der Waals surface area contributed by atoms with Crippen molar-refractivity contribution in [2.24, 2.45) is 0 Å². The van der Waals surface area contributed by atoms with Gasteiger partial charge >= 0.3 is 6.18 Å². The average Bonchev–Trinajstić information content (AvgIpc) is 2.92. The minimum absolute atomic E-state index is 0.194. The van der Waals surface area contributed by atoms with Gasteiger partial charge in [-0.25, -0.2) is 0 Å². The van der Waals surface area contributed by atoms with Crippen molar-refractivity contribution in [2.45, 2.75) is 45.3 Å². The van der Waals surface area contributed by atoms with E-state index in [0.717, 1.165) is 51.4 Å². The molecule has 37 heavy (non-hydrogen) atoms. The molecule has 2 aromatic rings. The lowest BCUT2D eigenvalue weighted by molar-refractivity contribution is -0.137. The first-order valence-corrected chi connectivity index (χ1v) is 13.2. The Hall–Kier alpha value is -2.72. The van der Waals surface area contributed by atoms with E-state index in [-0.39, 0.29) is 5.91 Å². The molecule has 1 aromatic heterocycles. The number of piperazine rings is 2. The van der Waals surface area contributed by atoms with Crippen LogP contribution in [0.1, 0.15) is 38.7 Å². The van der Waals surface area contributed by atoms with E-state index in [2.05, 4.69) is 38.7 Å². The molecule has 7 nitrogen and oxygen atoms in total. The Morgan fingerprint density at radius 1 is 0.973 bits per heavy atom. The number of nitrogens with zero attached hydrogens (tertiary/aromatic N) is 6. The Kier molecular flexibility index (Phi) is 9.02. The summed E-state index contributed by atoms with van der Waals surface area (Å²) in [5, 5.41) is 8.44. The summed E-state index contributed by atoms with van der Waals surface area (Å²) in [4.78, 5) is 21.7. The summed E-state index contributed by atoms with van der Waals surface area (Å²) in [7, 11) is 0. The maximum absolute atomic E-state index is 13.0. The normalized spacial score (nSPS) is 18.7. The summed E-state index contributed by atoms with van der Waals surface area (Å²) in [5.74, 6) is 0.884. The number of unbranched alkanes of at least 4 members (excludes halogenated alkanes) is 1. The Labute approximate surface area is 217 Å². The third-order valence-electron chi connectivity index (χ3n) is 7.46. The molecule has 3 heterocycles. The quantitative estimate of drug-likeness (QED) is 0.527. The second-order valence-corrected chi connectivity index (χ2v) is 10.0. The van der Waals surface area contributed by atoms with Gasteiger partial charge in [-0.1, -0.05) is 31.9 Å². The molecule has 2 fully saturated rings. The standard InChI is InChI=1S/C27H37F3N6O/c1-3-4-6-21(2)34-15-17-36(18-16-34)26(37)20-33-11-13-35(14-12-33)25-10-9-24(31-32-25)22-7-5-8-23(19-22)27(28,29)30/h5,7-10,19,21H,3-4,6,11-18,20H2,1-2H3. The predicted octanol–water partition coefficient (Wildman–Crippen LogP) is 4.01. The Morgan fingerprint density at radius 3 is 2.32 bits per heavy atom. The second kappa shape index (κ2) is 12.2. The van der Waals surface area contributed by atoms with Crippen molar-refractivity contribution >= 4 is 11.7 Å². The highest BCUT2D eigenvalue weighted by atomic mass is 19.4. The molecule has 0 saturated carbocycles. The van der Waals surface area contributed by atoms with Crippen molar-refractivity contribution in [3.05, 3.63) is 42.0 Å². The zero-order valence-electron chi connectivity index (χ0n) is 21.8. The predicted molar refractivity (Wildman–Crippen MR) is 138 cm³/mol. The van der Waals surface area contributed by atoms with E-state index in [4.69, 9.17) is 0 Å². The highest BCUT2D eigenvalue weighted by Crippen LogP contribution is 2.31. The van der Waals surface area contributed by atoms with Crippen LogP contribution in [0.4, 0.5) is 19.0 Å². The summed E-state index contributed by atoms with van der Waals surface area (Å²) in [6.07, 6.45) is -0.718. The van der Waals surface area contributed by atoms with Gasteiger partial charge in [-0.05, 0) is 37.6 Å². The van der Waals surface area contributed by atoms with E-state index in [1.807, 2.05) is 4.90 Å². The number of amides is 1. The van der Waals surface area contributed by atoms with E-state index in [9.17, 15) is 18.0 Å². The lowest BCUT2D eigenvalue weighted by atomic mass is 10.1. The van der Waals surface area contributed by atoms with E-state index in [1.54, 1.807) is 18.2 Å². The molecule has 1 amide bonds. The molecule has 0 spiro atoms. The van der Waals surface area contributed by atoms with Crippen LogP contribution in [0.5, 0.6) is 0 Å². The van der Waals surface area contributed by atoms with Crippen molar-refractivity contribution in [1.82, 2.24) is 24.9 Å². The Bertz CT molecular complexity index is 1020. The first kappa shape index (κ1) is 27.3. The smallest absolute Gasteiger partial charge is 0.353 e. The van der Waals surface area contributed by atoms with Gasteiger partial charge in [0.2, 0.25) is 5.91 Å². The maximum atomic E-state index is 13.0. The van der Waals surface area contributed by atoms with Crippen LogP contribution in [0.2, 0.25) is 0 Å². The van der Waals surface area contributed by atoms with Crippen molar-refractivity contribution in [3.8, 4) is 11.3 Å². The van der Waals surface area contributed by atoms with Crippen LogP contribution in [0, 0.1) is 0 Å². The minimum Gasteiger partial charge on any atom is -0.353 e. The van der Waals surface area contributed by atoms with Crippen LogP contribution in [0.25, 0.3) is 11.3 Å². The zero-order valence-corrected chi connectivity index (χ0v) is 21.8. The second-order valence-electron chi connectivity index (χ2n) is 10.0. The van der Waals surface area contributed by atoms with Gasteiger partial charge in [0.05, 0.1) is 17.8 Å². The molecule has 1 aromatic carbocycles. The number of anilines is 1. The third kappa shape index (κ3) is 7.19. The SMILES string of the molecule is CCCCC(C)N1CCN(C(=O)CN2CCN(c3ccc(-c4cccc(C(F)(F)F)c4)nn3)CC2)CC1. The first-order valence-electron chi connectivity index (χ1n) is 13.2. The average molecular weight is 519 g/mol. The van der Waals surface area contributed by atoms with Gasteiger partial charge in [0, 0.05) is 64.0 Å². The van der Waals surface area contributed by atoms with E-state index in [1.165, 1.54) is 25.3 Å². The topological polar surface area (TPSA) is 55.8 Å². The molecule has 202 valence electrons. The van der Waals surface area contributed by atoms with Crippen LogP contribution >= 0.6 is 0 Å². The molecular formula is C27H37F3N6O. The molecule has 2 aliphatic rings. The van der Waals surface area contributed by atoms with Crippen LogP contribution in [0.3, 0.4) is 0 Å². The number of aromatic nitrogens is 2. The van der Waals surface area contributed by atoms with Crippen LogP contribution in [-0.2, 0) is 11.0 Å². The zero-order chi connectivity index (χ0) is 26.4. The van der Waals surface area contributed by atoms with E-state index >= 15 is 0 Å². The number of rotatable bonds is 8. The number of halogens is 3. The van der Waals surface area contributed by atoms with Crippen LogP contribution in [0.15, 0.2) is 36.4 Å². The van der Waals surface area contributed by atoms with Gasteiger partial charge in [-0.2, -0.15) is 13.2 Å². The number of carbonyl (C=O) groups is 1. The van der Waals surface area contributed by atoms with Gasteiger partial charge in [0.25, 0.3) is 0 Å². The lowest BCUT2D eigenvalue weighted by Crippen LogP contribution is -2.55. The molecule has 10 heteroatoms.